The zero-order valence-corrected chi connectivity index (χ0v) is 12.2. The SMILES string of the molecule is COCCOCCC(CO)(NC1CC1)c1ccccc1. The topological polar surface area (TPSA) is 50.7 Å². The molecule has 1 unspecified atom stereocenters. The second-order valence-corrected chi connectivity index (χ2v) is 5.38. The fraction of sp³-hybridized carbons (Fsp3) is 0.625. The zero-order chi connectivity index (χ0) is 14.3. The third-order valence-electron chi connectivity index (χ3n) is 3.76. The van der Waals surface area contributed by atoms with Crippen molar-refractivity contribution in [2.45, 2.75) is 30.8 Å². The van der Waals surface area contributed by atoms with Crippen LogP contribution in [0.25, 0.3) is 0 Å². The average Bonchev–Trinajstić information content (AvgIpc) is 3.30. The van der Waals surface area contributed by atoms with Crippen LogP contribution in [0, 0.1) is 0 Å². The Morgan fingerprint density at radius 2 is 1.95 bits per heavy atom. The molecule has 1 atom stereocenters. The summed E-state index contributed by atoms with van der Waals surface area (Å²) in [5, 5.41) is 13.6. The van der Waals surface area contributed by atoms with Crippen LogP contribution in [0.1, 0.15) is 24.8 Å². The number of methoxy groups -OCH3 is 1. The molecule has 0 aliphatic heterocycles. The molecular formula is C16H25NO3. The fourth-order valence-electron chi connectivity index (χ4n) is 2.38. The van der Waals surface area contributed by atoms with Gasteiger partial charge in [-0.05, 0) is 24.8 Å². The predicted molar refractivity (Wildman–Crippen MR) is 78.7 cm³/mol. The first-order valence-electron chi connectivity index (χ1n) is 7.31. The Labute approximate surface area is 121 Å². The van der Waals surface area contributed by atoms with Crippen LogP contribution in [0.4, 0.5) is 0 Å². The highest BCUT2D eigenvalue weighted by Crippen LogP contribution is 2.31. The first-order valence-corrected chi connectivity index (χ1v) is 7.31. The molecule has 1 aliphatic rings. The van der Waals surface area contributed by atoms with Crippen LogP contribution >= 0.6 is 0 Å². The van der Waals surface area contributed by atoms with Gasteiger partial charge in [0.25, 0.3) is 0 Å². The van der Waals surface area contributed by atoms with Gasteiger partial charge in [-0.25, -0.2) is 0 Å². The molecule has 0 saturated heterocycles. The lowest BCUT2D eigenvalue weighted by molar-refractivity contribution is 0.0458. The third-order valence-corrected chi connectivity index (χ3v) is 3.76. The summed E-state index contributed by atoms with van der Waals surface area (Å²) in [5.74, 6) is 0. The summed E-state index contributed by atoms with van der Waals surface area (Å²) in [7, 11) is 1.67. The number of aliphatic hydroxyl groups is 1. The van der Waals surface area contributed by atoms with E-state index in [-0.39, 0.29) is 6.61 Å². The summed E-state index contributed by atoms with van der Waals surface area (Å²) in [6.45, 7) is 1.89. The van der Waals surface area contributed by atoms with Crippen molar-refractivity contribution in [1.82, 2.24) is 5.32 Å². The summed E-state index contributed by atoms with van der Waals surface area (Å²) >= 11 is 0. The number of hydrogen-bond acceptors (Lipinski definition) is 4. The van der Waals surface area contributed by atoms with Crippen LogP contribution in [0.15, 0.2) is 30.3 Å². The van der Waals surface area contributed by atoms with Crippen molar-refractivity contribution in [3.8, 4) is 0 Å². The molecule has 0 aromatic heterocycles. The van der Waals surface area contributed by atoms with E-state index < -0.39 is 5.54 Å². The molecular weight excluding hydrogens is 254 g/mol. The van der Waals surface area contributed by atoms with Gasteiger partial charge in [0.05, 0.1) is 25.4 Å². The van der Waals surface area contributed by atoms with Crippen LogP contribution in [0.3, 0.4) is 0 Å². The first kappa shape index (κ1) is 15.4. The first-order chi connectivity index (χ1) is 9.80. The van der Waals surface area contributed by atoms with E-state index in [4.69, 9.17) is 9.47 Å². The van der Waals surface area contributed by atoms with Gasteiger partial charge in [0.1, 0.15) is 0 Å². The second-order valence-electron chi connectivity index (χ2n) is 5.38. The van der Waals surface area contributed by atoms with Crippen LogP contribution in [0.2, 0.25) is 0 Å². The molecule has 4 heteroatoms. The van der Waals surface area contributed by atoms with Crippen molar-refractivity contribution >= 4 is 0 Å². The molecule has 0 bridgehead atoms. The van der Waals surface area contributed by atoms with Gasteiger partial charge in [-0.1, -0.05) is 30.3 Å². The summed E-state index contributed by atoms with van der Waals surface area (Å²) in [6.07, 6.45) is 3.14. The Hall–Kier alpha value is -0.940. The van der Waals surface area contributed by atoms with E-state index in [2.05, 4.69) is 17.4 Å². The van der Waals surface area contributed by atoms with Crippen LogP contribution in [-0.4, -0.2) is 44.7 Å². The van der Waals surface area contributed by atoms with Crippen molar-refractivity contribution in [3.05, 3.63) is 35.9 Å². The van der Waals surface area contributed by atoms with Gasteiger partial charge in [0.15, 0.2) is 0 Å². The van der Waals surface area contributed by atoms with E-state index in [9.17, 15) is 5.11 Å². The minimum atomic E-state index is -0.393. The Morgan fingerprint density at radius 3 is 2.55 bits per heavy atom. The second kappa shape index (κ2) is 7.74. The highest BCUT2D eigenvalue weighted by molar-refractivity contribution is 5.25. The van der Waals surface area contributed by atoms with Crippen molar-refractivity contribution in [1.29, 1.82) is 0 Å². The van der Waals surface area contributed by atoms with Crippen molar-refractivity contribution < 1.29 is 14.6 Å². The Bertz CT molecular complexity index is 381. The van der Waals surface area contributed by atoms with E-state index in [1.54, 1.807) is 7.11 Å². The van der Waals surface area contributed by atoms with E-state index in [0.29, 0.717) is 25.9 Å². The normalized spacial score (nSPS) is 17.9. The fourth-order valence-corrected chi connectivity index (χ4v) is 2.38. The van der Waals surface area contributed by atoms with Gasteiger partial charge < -0.3 is 19.9 Å². The van der Waals surface area contributed by atoms with Crippen LogP contribution < -0.4 is 5.32 Å². The highest BCUT2D eigenvalue weighted by Gasteiger charge is 2.36. The minimum Gasteiger partial charge on any atom is -0.394 e. The smallest absolute Gasteiger partial charge is 0.0700 e. The van der Waals surface area contributed by atoms with E-state index in [0.717, 1.165) is 12.0 Å². The van der Waals surface area contributed by atoms with E-state index >= 15 is 0 Å². The number of aliphatic hydroxyl groups excluding tert-OH is 1. The monoisotopic (exact) mass is 279 g/mol. The molecule has 4 nitrogen and oxygen atoms in total. The molecule has 0 amide bonds. The van der Waals surface area contributed by atoms with Crippen molar-refractivity contribution in [2.24, 2.45) is 0 Å². The molecule has 2 rings (SSSR count). The van der Waals surface area contributed by atoms with Gasteiger partial charge in [-0.15, -0.1) is 0 Å². The molecule has 0 spiro atoms. The summed E-state index contributed by atoms with van der Waals surface area (Å²) in [6, 6.07) is 10.7. The summed E-state index contributed by atoms with van der Waals surface area (Å²) in [5.41, 5.74) is 0.736. The van der Waals surface area contributed by atoms with Crippen molar-refractivity contribution in [3.63, 3.8) is 0 Å². The van der Waals surface area contributed by atoms with Crippen LogP contribution in [0.5, 0.6) is 0 Å². The lowest BCUT2D eigenvalue weighted by atomic mass is 9.87. The number of nitrogens with one attached hydrogen (secondary N) is 1. The Balaban J connectivity index is 1.98. The molecule has 1 fully saturated rings. The number of hydrogen-bond donors (Lipinski definition) is 2. The third kappa shape index (κ3) is 4.28. The van der Waals surface area contributed by atoms with Crippen LogP contribution in [-0.2, 0) is 15.0 Å². The highest BCUT2D eigenvalue weighted by atomic mass is 16.5. The maximum Gasteiger partial charge on any atom is 0.0700 e. The van der Waals surface area contributed by atoms with Crippen molar-refractivity contribution in [2.75, 3.05) is 33.5 Å². The van der Waals surface area contributed by atoms with Gasteiger partial charge >= 0.3 is 0 Å². The van der Waals surface area contributed by atoms with Gasteiger partial charge in [-0.3, -0.25) is 0 Å². The summed E-state index contributed by atoms with van der Waals surface area (Å²) in [4.78, 5) is 0. The zero-order valence-electron chi connectivity index (χ0n) is 12.2. The molecule has 1 saturated carbocycles. The molecule has 0 heterocycles. The molecule has 1 aromatic carbocycles. The maximum atomic E-state index is 9.97. The predicted octanol–water partition coefficient (Wildman–Crippen LogP) is 1.68. The number of rotatable bonds is 10. The molecule has 1 aliphatic carbocycles. The van der Waals surface area contributed by atoms with Gasteiger partial charge in [0, 0.05) is 19.8 Å². The number of ether oxygens (including phenoxy) is 2. The molecule has 1 aromatic rings. The van der Waals surface area contributed by atoms with Gasteiger partial charge in [0.2, 0.25) is 0 Å². The summed E-state index contributed by atoms with van der Waals surface area (Å²) < 4.78 is 10.5. The van der Waals surface area contributed by atoms with E-state index in [1.807, 2.05) is 18.2 Å². The minimum absolute atomic E-state index is 0.0845. The Kier molecular flexibility index (Phi) is 5.98. The Morgan fingerprint density at radius 1 is 1.20 bits per heavy atom. The lowest BCUT2D eigenvalue weighted by Crippen LogP contribution is -2.47. The van der Waals surface area contributed by atoms with Gasteiger partial charge in [-0.2, -0.15) is 0 Å². The molecule has 20 heavy (non-hydrogen) atoms. The molecule has 2 N–H and O–H groups in total. The quantitative estimate of drug-likeness (QED) is 0.640. The number of benzene rings is 1. The van der Waals surface area contributed by atoms with E-state index in [1.165, 1.54) is 12.8 Å². The molecule has 0 radical (unpaired) electrons. The molecule has 112 valence electrons. The standard InChI is InChI=1S/C16H25NO3/c1-19-11-12-20-10-9-16(13-18,17-15-7-8-15)14-5-3-2-4-6-14/h2-6,15,17-18H,7-13H2,1H3. The largest absolute Gasteiger partial charge is 0.394 e. The lowest BCUT2D eigenvalue weighted by Gasteiger charge is -2.34. The average molecular weight is 279 g/mol. The maximum absolute atomic E-state index is 9.97.